The Kier molecular flexibility index (Phi) is 12.5. The zero-order chi connectivity index (χ0) is 62.6. The molecule has 2 aromatic heterocycles. The van der Waals surface area contributed by atoms with Crippen molar-refractivity contribution in [3.63, 3.8) is 0 Å². The van der Waals surface area contributed by atoms with E-state index in [1.807, 2.05) is 36.4 Å². The fourth-order valence-corrected chi connectivity index (χ4v) is 15.2. The number of hydrogen-bond acceptors (Lipinski definition) is 4. The normalized spacial score (nSPS) is 13.1. The molecule has 2 aliphatic rings. The summed E-state index contributed by atoms with van der Waals surface area (Å²) < 4.78 is 50.3. The summed E-state index contributed by atoms with van der Waals surface area (Å²) in [6.07, 6.45) is 0. The van der Waals surface area contributed by atoms with Gasteiger partial charge in [-0.25, -0.2) is 8.78 Å². The molecule has 444 valence electrons. The number of anilines is 6. The molecule has 91 heavy (non-hydrogen) atoms. The van der Waals surface area contributed by atoms with E-state index in [1.54, 1.807) is 12.1 Å². The van der Waals surface area contributed by atoms with Crippen molar-refractivity contribution in [2.24, 2.45) is 0 Å². The Morgan fingerprint density at radius 2 is 0.670 bits per heavy atom. The molecular formula is C85H68F2N2O2. The van der Waals surface area contributed by atoms with Gasteiger partial charge >= 0.3 is 0 Å². The highest BCUT2D eigenvalue weighted by atomic mass is 19.1. The monoisotopic (exact) mass is 1190 g/mol. The molecule has 12 aromatic carbocycles. The van der Waals surface area contributed by atoms with Crippen LogP contribution in [0.25, 0.3) is 88.4 Å². The molecule has 0 N–H and O–H groups in total. The Balaban J connectivity index is 1.05. The van der Waals surface area contributed by atoms with E-state index in [9.17, 15) is 0 Å². The largest absolute Gasteiger partial charge is 0.455 e. The number of furan rings is 2. The van der Waals surface area contributed by atoms with Crippen LogP contribution in [0.15, 0.2) is 239 Å². The van der Waals surface area contributed by atoms with E-state index in [-0.39, 0.29) is 22.0 Å². The van der Waals surface area contributed by atoms with Crippen molar-refractivity contribution < 1.29 is 17.6 Å². The summed E-state index contributed by atoms with van der Waals surface area (Å²) in [6, 6.07) is 80.5. The molecule has 0 atom stereocenters. The van der Waals surface area contributed by atoms with E-state index < -0.39 is 17.0 Å². The highest BCUT2D eigenvalue weighted by Gasteiger charge is 2.56. The van der Waals surface area contributed by atoms with Crippen molar-refractivity contribution in [2.45, 2.75) is 85.5 Å². The summed E-state index contributed by atoms with van der Waals surface area (Å²) in [7, 11) is 0. The third-order valence-corrected chi connectivity index (χ3v) is 19.2. The quantitative estimate of drug-likeness (QED) is 0.152. The predicted octanol–water partition coefficient (Wildman–Crippen LogP) is 24.2. The van der Waals surface area contributed by atoms with Crippen molar-refractivity contribution in [2.75, 3.05) is 9.80 Å². The summed E-state index contributed by atoms with van der Waals surface area (Å²) in [5, 5.41) is 3.64. The van der Waals surface area contributed by atoms with Crippen LogP contribution in [0.3, 0.4) is 0 Å². The molecule has 2 aliphatic carbocycles. The lowest BCUT2D eigenvalue weighted by Gasteiger charge is -2.34. The van der Waals surface area contributed by atoms with E-state index in [0.717, 1.165) is 100 Å². The van der Waals surface area contributed by atoms with Gasteiger partial charge in [0.2, 0.25) is 0 Å². The molecule has 0 radical (unpaired) electrons. The van der Waals surface area contributed by atoms with E-state index in [1.165, 1.54) is 45.5 Å². The van der Waals surface area contributed by atoms with Crippen LogP contribution < -0.4 is 9.80 Å². The summed E-state index contributed by atoms with van der Waals surface area (Å²) >= 11 is 0. The Bertz CT molecular complexity index is 4930. The Labute approximate surface area is 530 Å². The van der Waals surface area contributed by atoms with Crippen LogP contribution in [0.5, 0.6) is 0 Å². The van der Waals surface area contributed by atoms with Gasteiger partial charge in [0.1, 0.15) is 34.0 Å². The van der Waals surface area contributed by atoms with Crippen LogP contribution >= 0.6 is 0 Å². The highest BCUT2D eigenvalue weighted by Crippen LogP contribution is 2.68. The van der Waals surface area contributed by atoms with Crippen molar-refractivity contribution >= 4 is 78.0 Å². The third kappa shape index (κ3) is 8.66. The summed E-state index contributed by atoms with van der Waals surface area (Å²) in [5.74, 6) is -1.00. The predicted molar refractivity (Wildman–Crippen MR) is 374 cm³/mol. The van der Waals surface area contributed by atoms with Crippen LogP contribution in [0.4, 0.5) is 42.9 Å². The smallest absolute Gasteiger partial charge is 0.145 e. The fraction of sp³-hybridized carbons (Fsp3) is 0.153. The van der Waals surface area contributed by atoms with Gasteiger partial charge in [0, 0.05) is 55.8 Å². The minimum absolute atomic E-state index is 0.110. The molecule has 0 bridgehead atoms. The van der Waals surface area contributed by atoms with E-state index >= 15 is 8.78 Å². The van der Waals surface area contributed by atoms with Crippen LogP contribution in [0.2, 0.25) is 0 Å². The molecule has 4 nitrogen and oxygen atoms in total. The molecule has 0 saturated heterocycles. The molecule has 14 aromatic rings. The molecule has 6 heteroatoms. The maximum atomic E-state index is 17.6. The van der Waals surface area contributed by atoms with Crippen molar-refractivity contribution in [1.82, 2.24) is 0 Å². The summed E-state index contributed by atoms with van der Waals surface area (Å²) in [4.78, 5) is 4.69. The van der Waals surface area contributed by atoms with E-state index in [4.69, 9.17) is 8.83 Å². The number of nitrogens with zero attached hydrogens (tertiary/aromatic N) is 2. The molecular weight excluding hydrogens is 1120 g/mol. The second-order valence-electron chi connectivity index (χ2n) is 27.4. The van der Waals surface area contributed by atoms with Crippen LogP contribution in [0.1, 0.15) is 97.2 Å². The number of benzene rings is 12. The van der Waals surface area contributed by atoms with Gasteiger partial charge in [0.25, 0.3) is 0 Å². The topological polar surface area (TPSA) is 32.8 Å². The first-order valence-electron chi connectivity index (χ1n) is 31.6. The highest BCUT2D eigenvalue weighted by molar-refractivity contribution is 6.25. The SMILES string of the molecule is Cc1cc(C)cc(-c2ccc(N(c3ccc(C(C)(C)C)cc3)c3cc4c(c5oc6ccccc6c35)-c3c(cc(N(c5ccc(-c6cc(C)cc(C)c6)cc5)c5ccc(C(C)(C)C)cc5)c5c3oc3ccccc35)C43c4cccc(F)c4-c4c(F)cccc43)cc2)c1. The van der Waals surface area contributed by atoms with Gasteiger partial charge in [0.15, 0.2) is 0 Å². The number of aryl methyl sites for hydroxylation is 4. The van der Waals surface area contributed by atoms with Gasteiger partial charge in [-0.3, -0.25) is 0 Å². The Morgan fingerprint density at radius 3 is 1.02 bits per heavy atom. The number of rotatable bonds is 8. The molecule has 0 amide bonds. The van der Waals surface area contributed by atoms with Crippen molar-refractivity contribution in [3.05, 3.63) is 298 Å². The van der Waals surface area contributed by atoms with E-state index in [0.29, 0.717) is 33.5 Å². The number of fused-ring (bicyclic) bond motifs is 18. The molecule has 1 spiro atoms. The zero-order valence-electron chi connectivity index (χ0n) is 52.9. The summed E-state index contributed by atoms with van der Waals surface area (Å²) in [5.41, 5.74) is 23.3. The first-order chi connectivity index (χ1) is 43.8. The number of hydrogen-bond donors (Lipinski definition) is 0. The maximum absolute atomic E-state index is 17.6. The lowest BCUT2D eigenvalue weighted by atomic mass is 9.70. The zero-order valence-corrected chi connectivity index (χ0v) is 52.9. The molecule has 2 heterocycles. The van der Waals surface area contributed by atoms with Crippen molar-refractivity contribution in [1.29, 1.82) is 0 Å². The molecule has 0 saturated carbocycles. The van der Waals surface area contributed by atoms with Crippen molar-refractivity contribution in [3.8, 4) is 44.5 Å². The lowest BCUT2D eigenvalue weighted by molar-refractivity contribution is 0.590. The standard InChI is InChI=1S/C85H68F2N2O2/c1-49-41-50(2)44-55(43-49)53-25-33-59(34-26-53)88(61-37-29-57(30-38-61)83(5,6)7)71-47-67-79(81-75(71)63-17-11-13-23-73(63)90-81)80-68(85(67)65-19-15-21-69(86)77(65)78-66(85)20-16-22-70(78)87)48-72(76-64-18-12-14-24-74(64)91-82(76)80)89(62-39-31-58(32-40-62)84(8,9)10)60-35-27-54(28-36-60)56-45-51(3)42-52(4)46-56/h11-48H,1-10H3. The Morgan fingerprint density at radius 1 is 0.330 bits per heavy atom. The minimum atomic E-state index is -1.35. The average Bonchev–Trinajstić information content (AvgIpc) is 1.49. The second-order valence-corrected chi connectivity index (χ2v) is 27.4. The Hall–Kier alpha value is -10.3. The van der Waals surface area contributed by atoms with Crippen LogP contribution in [-0.4, -0.2) is 0 Å². The maximum Gasteiger partial charge on any atom is 0.145 e. The van der Waals surface area contributed by atoms with Gasteiger partial charge in [-0.15, -0.1) is 0 Å². The number of para-hydroxylation sites is 2. The lowest BCUT2D eigenvalue weighted by Crippen LogP contribution is -2.27. The van der Waals surface area contributed by atoms with Gasteiger partial charge in [-0.1, -0.05) is 209 Å². The van der Waals surface area contributed by atoms with Crippen LogP contribution in [0, 0.1) is 39.3 Å². The molecule has 16 rings (SSSR count). The molecule has 0 fully saturated rings. The van der Waals surface area contributed by atoms with Gasteiger partial charge in [0.05, 0.1) is 27.6 Å². The van der Waals surface area contributed by atoms with Crippen LogP contribution in [-0.2, 0) is 16.2 Å². The molecule has 0 aliphatic heterocycles. The average molecular weight is 1190 g/mol. The number of halogens is 2. The first-order valence-corrected chi connectivity index (χ1v) is 31.6. The molecule has 0 unspecified atom stereocenters. The minimum Gasteiger partial charge on any atom is -0.455 e. The van der Waals surface area contributed by atoms with Gasteiger partial charge < -0.3 is 18.6 Å². The van der Waals surface area contributed by atoms with E-state index in [2.05, 4.69) is 249 Å². The van der Waals surface area contributed by atoms with Gasteiger partial charge in [-0.2, -0.15) is 0 Å². The first kappa shape index (κ1) is 56.0. The third-order valence-electron chi connectivity index (χ3n) is 19.2. The second kappa shape index (κ2) is 20.4. The summed E-state index contributed by atoms with van der Waals surface area (Å²) in [6.45, 7) is 22.0. The van der Waals surface area contributed by atoms with Gasteiger partial charge in [-0.05, 0) is 179 Å². The fourth-order valence-electron chi connectivity index (χ4n) is 15.2.